The van der Waals surface area contributed by atoms with E-state index in [4.69, 9.17) is 14.0 Å². The first-order chi connectivity index (χ1) is 14.7. The second-order valence-corrected chi connectivity index (χ2v) is 9.73. The largest absolute Gasteiger partial charge is 0.432 e. The van der Waals surface area contributed by atoms with Gasteiger partial charge in [-0.05, 0) is 28.9 Å². The molecular formula is C21H28N4O5S. The van der Waals surface area contributed by atoms with Crippen molar-refractivity contribution < 1.29 is 23.6 Å². The van der Waals surface area contributed by atoms with Gasteiger partial charge in [0.05, 0.1) is 10.8 Å². The number of carbonyl (C=O) groups excluding carboxylic acids is 2. The number of rotatable bonds is 6. The average molecular weight is 449 g/mol. The summed E-state index contributed by atoms with van der Waals surface area (Å²) in [5.74, 6) is -0.828. The number of anilines is 1. The summed E-state index contributed by atoms with van der Waals surface area (Å²) in [4.78, 5) is 34.9. The molecule has 0 unspecified atom stereocenters. The highest BCUT2D eigenvalue weighted by molar-refractivity contribution is 7.13. The number of aromatic nitrogens is 2. The van der Waals surface area contributed by atoms with Gasteiger partial charge in [0.15, 0.2) is 6.10 Å². The van der Waals surface area contributed by atoms with E-state index in [1.165, 1.54) is 0 Å². The van der Waals surface area contributed by atoms with Crippen LogP contribution in [0.25, 0.3) is 10.8 Å². The number of thiophene rings is 1. The van der Waals surface area contributed by atoms with Crippen LogP contribution in [0.1, 0.15) is 34.1 Å². The molecule has 0 radical (unpaired) electrons. The summed E-state index contributed by atoms with van der Waals surface area (Å²) in [5, 5.41) is 6.05. The number of hydrogen-bond acceptors (Lipinski definition) is 9. The predicted octanol–water partition coefficient (Wildman–Crippen LogP) is 2.79. The third-order valence-electron chi connectivity index (χ3n) is 5.42. The summed E-state index contributed by atoms with van der Waals surface area (Å²) >= 11 is 1.54. The van der Waals surface area contributed by atoms with E-state index in [0.29, 0.717) is 44.4 Å². The minimum atomic E-state index is -1.01. The molecule has 2 saturated heterocycles. The van der Waals surface area contributed by atoms with Crippen molar-refractivity contribution in [2.24, 2.45) is 11.8 Å². The third kappa shape index (κ3) is 4.74. The molecule has 0 spiro atoms. The van der Waals surface area contributed by atoms with Crippen molar-refractivity contribution in [2.75, 3.05) is 31.1 Å². The summed E-state index contributed by atoms with van der Waals surface area (Å²) < 4.78 is 16.5. The Morgan fingerprint density at radius 2 is 2.03 bits per heavy atom. The molecule has 2 aliphatic heterocycles. The SMILES string of the molecule is CC(C)C[C@H](C(=O)N1CCN(c2noc(-c3cccs3)n2)CC1)[C@H]1OC(C)(C)OC1=O. The topological polar surface area (TPSA) is 98.0 Å². The van der Waals surface area contributed by atoms with Crippen LogP contribution in [0, 0.1) is 11.8 Å². The van der Waals surface area contributed by atoms with E-state index >= 15 is 0 Å². The Hall–Kier alpha value is -2.46. The molecule has 2 aromatic heterocycles. The molecule has 0 aliphatic carbocycles. The van der Waals surface area contributed by atoms with Crippen molar-refractivity contribution in [3.8, 4) is 10.8 Å². The molecule has 0 N–H and O–H groups in total. The summed E-state index contributed by atoms with van der Waals surface area (Å²) in [7, 11) is 0. The van der Waals surface area contributed by atoms with Gasteiger partial charge in [-0.25, -0.2) is 4.79 Å². The predicted molar refractivity (Wildman–Crippen MR) is 114 cm³/mol. The van der Waals surface area contributed by atoms with Gasteiger partial charge in [-0.15, -0.1) is 11.3 Å². The zero-order valence-corrected chi connectivity index (χ0v) is 19.1. The zero-order chi connectivity index (χ0) is 22.2. The maximum Gasteiger partial charge on any atom is 0.338 e. The molecular weight excluding hydrogens is 420 g/mol. The fourth-order valence-electron chi connectivity index (χ4n) is 3.99. The van der Waals surface area contributed by atoms with E-state index in [1.807, 2.05) is 36.3 Å². The highest BCUT2D eigenvalue weighted by Crippen LogP contribution is 2.32. The van der Waals surface area contributed by atoms with E-state index in [-0.39, 0.29) is 11.8 Å². The molecule has 10 heteroatoms. The van der Waals surface area contributed by atoms with Gasteiger partial charge in [0.2, 0.25) is 11.7 Å². The number of cyclic esters (lactones) is 1. The van der Waals surface area contributed by atoms with E-state index < -0.39 is 23.8 Å². The molecule has 4 heterocycles. The summed E-state index contributed by atoms with van der Waals surface area (Å²) in [6, 6.07) is 3.87. The fraction of sp³-hybridized carbons (Fsp3) is 0.619. The molecule has 2 aliphatic rings. The zero-order valence-electron chi connectivity index (χ0n) is 18.2. The second-order valence-electron chi connectivity index (χ2n) is 8.78. The number of carbonyl (C=O) groups is 2. The van der Waals surface area contributed by atoms with Crippen molar-refractivity contribution in [3.63, 3.8) is 0 Å². The van der Waals surface area contributed by atoms with Crippen molar-refractivity contribution in [2.45, 2.75) is 46.0 Å². The lowest BCUT2D eigenvalue weighted by Crippen LogP contribution is -2.53. The average Bonchev–Trinajstić information content (AvgIpc) is 3.45. The van der Waals surface area contributed by atoms with Crippen LogP contribution < -0.4 is 4.90 Å². The lowest BCUT2D eigenvalue weighted by Gasteiger charge is -2.36. The molecule has 9 nitrogen and oxygen atoms in total. The molecule has 168 valence electrons. The molecule has 2 atom stereocenters. The highest BCUT2D eigenvalue weighted by atomic mass is 32.1. The van der Waals surface area contributed by atoms with E-state index in [9.17, 15) is 9.59 Å². The maximum atomic E-state index is 13.4. The molecule has 0 bridgehead atoms. The number of esters is 1. The smallest absolute Gasteiger partial charge is 0.338 e. The summed E-state index contributed by atoms with van der Waals surface area (Å²) in [6.07, 6.45) is -0.308. The van der Waals surface area contributed by atoms with Crippen LogP contribution in [0.4, 0.5) is 5.95 Å². The van der Waals surface area contributed by atoms with Crippen molar-refractivity contribution in [3.05, 3.63) is 17.5 Å². The van der Waals surface area contributed by atoms with Crippen LogP contribution in [0.3, 0.4) is 0 Å². The first-order valence-electron chi connectivity index (χ1n) is 10.6. The molecule has 31 heavy (non-hydrogen) atoms. The Bertz CT molecular complexity index is 918. The van der Waals surface area contributed by atoms with Gasteiger partial charge in [-0.1, -0.05) is 19.9 Å². The van der Waals surface area contributed by atoms with E-state index in [2.05, 4.69) is 10.1 Å². The summed E-state index contributed by atoms with van der Waals surface area (Å²) in [5.41, 5.74) is 0. The van der Waals surface area contributed by atoms with Crippen LogP contribution >= 0.6 is 11.3 Å². The van der Waals surface area contributed by atoms with Gasteiger partial charge >= 0.3 is 5.97 Å². The highest BCUT2D eigenvalue weighted by Gasteiger charge is 2.48. The van der Waals surface area contributed by atoms with Crippen molar-refractivity contribution in [1.29, 1.82) is 0 Å². The lowest BCUT2D eigenvalue weighted by atomic mass is 9.90. The standard InChI is InChI=1S/C21H28N4O5S/c1-13(2)12-14(16-19(27)29-21(3,4)28-16)18(26)24-7-9-25(10-8-24)20-22-17(30-23-20)15-6-5-11-31-15/h5-6,11,13-14,16H,7-10,12H2,1-4H3/t14-,16+/m0/s1. The minimum absolute atomic E-state index is 0.0691. The third-order valence-corrected chi connectivity index (χ3v) is 6.28. The minimum Gasteiger partial charge on any atom is -0.432 e. The van der Waals surface area contributed by atoms with Crippen LogP contribution in [0.5, 0.6) is 0 Å². The molecule has 1 amide bonds. The Labute approximate surface area is 185 Å². The van der Waals surface area contributed by atoms with E-state index in [0.717, 1.165) is 4.88 Å². The molecule has 0 aromatic carbocycles. The normalized spacial score (nSPS) is 22.1. The van der Waals surface area contributed by atoms with Gasteiger partial charge in [0.25, 0.3) is 11.8 Å². The van der Waals surface area contributed by atoms with Crippen LogP contribution in [0.2, 0.25) is 0 Å². The van der Waals surface area contributed by atoms with Crippen LogP contribution in [-0.2, 0) is 19.1 Å². The number of ether oxygens (including phenoxy) is 2. The molecule has 2 fully saturated rings. The second kappa shape index (κ2) is 8.58. The first kappa shape index (κ1) is 21.8. The van der Waals surface area contributed by atoms with Crippen LogP contribution in [-0.4, -0.2) is 65.0 Å². The molecule has 0 saturated carbocycles. The Morgan fingerprint density at radius 1 is 1.29 bits per heavy atom. The molecule has 2 aromatic rings. The Balaban J connectivity index is 1.41. The number of hydrogen-bond donors (Lipinski definition) is 0. The van der Waals surface area contributed by atoms with Gasteiger partial charge in [-0.3, -0.25) is 4.79 Å². The van der Waals surface area contributed by atoms with Gasteiger partial charge in [-0.2, -0.15) is 4.98 Å². The van der Waals surface area contributed by atoms with Crippen LogP contribution in [0.15, 0.2) is 22.0 Å². The quantitative estimate of drug-likeness (QED) is 0.622. The van der Waals surface area contributed by atoms with Gasteiger partial charge in [0, 0.05) is 40.0 Å². The molecule has 4 rings (SSSR count). The fourth-order valence-corrected chi connectivity index (χ4v) is 4.64. The number of amides is 1. The first-order valence-corrected chi connectivity index (χ1v) is 11.4. The van der Waals surface area contributed by atoms with Gasteiger partial charge < -0.3 is 23.8 Å². The monoisotopic (exact) mass is 448 g/mol. The summed E-state index contributed by atoms with van der Waals surface area (Å²) in [6.45, 7) is 9.65. The Kier molecular flexibility index (Phi) is 6.02. The van der Waals surface area contributed by atoms with Crippen molar-refractivity contribution in [1.82, 2.24) is 15.0 Å². The maximum absolute atomic E-state index is 13.4. The van der Waals surface area contributed by atoms with E-state index in [1.54, 1.807) is 30.1 Å². The Morgan fingerprint density at radius 3 is 2.61 bits per heavy atom. The number of nitrogens with zero attached hydrogens (tertiary/aromatic N) is 4. The number of piperazine rings is 1. The van der Waals surface area contributed by atoms with Crippen molar-refractivity contribution >= 4 is 29.2 Å². The lowest BCUT2D eigenvalue weighted by molar-refractivity contribution is -0.163. The van der Waals surface area contributed by atoms with Gasteiger partial charge in [0.1, 0.15) is 0 Å².